The molecule has 0 saturated carbocycles. The van der Waals surface area contributed by atoms with Gasteiger partial charge in [-0.05, 0) is 53.5 Å². The number of anilines is 2. The Morgan fingerprint density at radius 3 is 2.47 bits per heavy atom. The SMILES string of the molecule is Cc1ccc(N(C)c2cccc(Br)c2C#N)c(C)c1. The number of aryl methyl sites for hydroxylation is 2. The fourth-order valence-corrected chi connectivity index (χ4v) is 2.66. The number of rotatable bonds is 2. The summed E-state index contributed by atoms with van der Waals surface area (Å²) in [6.45, 7) is 4.17. The van der Waals surface area contributed by atoms with Crippen LogP contribution >= 0.6 is 15.9 Å². The van der Waals surface area contributed by atoms with Crippen LogP contribution in [-0.4, -0.2) is 7.05 Å². The van der Waals surface area contributed by atoms with Gasteiger partial charge in [-0.15, -0.1) is 0 Å². The van der Waals surface area contributed by atoms with Gasteiger partial charge in [0.05, 0.1) is 11.3 Å². The number of nitriles is 1. The maximum Gasteiger partial charge on any atom is 0.103 e. The molecule has 0 N–H and O–H groups in total. The predicted molar refractivity (Wildman–Crippen MR) is 82.8 cm³/mol. The quantitative estimate of drug-likeness (QED) is 0.803. The van der Waals surface area contributed by atoms with E-state index in [1.165, 1.54) is 11.1 Å². The van der Waals surface area contributed by atoms with E-state index in [-0.39, 0.29) is 0 Å². The zero-order valence-electron chi connectivity index (χ0n) is 11.2. The minimum atomic E-state index is 0.657. The highest BCUT2D eigenvalue weighted by molar-refractivity contribution is 9.10. The fraction of sp³-hybridized carbons (Fsp3) is 0.188. The predicted octanol–water partition coefficient (Wildman–Crippen LogP) is 4.71. The monoisotopic (exact) mass is 314 g/mol. The summed E-state index contributed by atoms with van der Waals surface area (Å²) in [7, 11) is 1.99. The van der Waals surface area contributed by atoms with Gasteiger partial charge in [0.2, 0.25) is 0 Å². The van der Waals surface area contributed by atoms with E-state index in [0.717, 1.165) is 15.8 Å². The highest BCUT2D eigenvalue weighted by Gasteiger charge is 2.13. The number of hydrogen-bond donors (Lipinski definition) is 0. The Morgan fingerprint density at radius 2 is 1.84 bits per heavy atom. The zero-order chi connectivity index (χ0) is 14.0. The van der Waals surface area contributed by atoms with Crippen LogP contribution in [0.25, 0.3) is 0 Å². The molecule has 0 spiro atoms. The van der Waals surface area contributed by atoms with Crippen LogP contribution in [0, 0.1) is 25.2 Å². The second-order valence-corrected chi connectivity index (χ2v) is 5.45. The molecule has 96 valence electrons. The fourth-order valence-electron chi connectivity index (χ4n) is 2.21. The first-order valence-corrected chi connectivity index (χ1v) is 6.83. The number of benzene rings is 2. The minimum Gasteiger partial charge on any atom is -0.343 e. The second kappa shape index (κ2) is 5.46. The zero-order valence-corrected chi connectivity index (χ0v) is 12.8. The van der Waals surface area contributed by atoms with Gasteiger partial charge in [-0.25, -0.2) is 0 Å². The third-order valence-electron chi connectivity index (χ3n) is 3.18. The maximum atomic E-state index is 9.30. The molecule has 0 unspecified atom stereocenters. The molecule has 3 heteroatoms. The van der Waals surface area contributed by atoms with E-state index < -0.39 is 0 Å². The Bertz CT molecular complexity index is 656. The van der Waals surface area contributed by atoms with Gasteiger partial charge in [0.1, 0.15) is 6.07 Å². The highest BCUT2D eigenvalue weighted by atomic mass is 79.9. The highest BCUT2D eigenvalue weighted by Crippen LogP contribution is 2.32. The lowest BCUT2D eigenvalue weighted by atomic mass is 10.1. The Hall–Kier alpha value is -1.79. The normalized spacial score (nSPS) is 10.1. The molecule has 0 aliphatic carbocycles. The molecule has 0 saturated heterocycles. The molecule has 2 nitrogen and oxygen atoms in total. The molecule has 0 atom stereocenters. The van der Waals surface area contributed by atoms with Gasteiger partial charge in [0.15, 0.2) is 0 Å². The summed E-state index contributed by atoms with van der Waals surface area (Å²) in [4.78, 5) is 2.05. The summed E-state index contributed by atoms with van der Waals surface area (Å²) >= 11 is 3.43. The maximum absolute atomic E-state index is 9.30. The molecule has 0 aromatic heterocycles. The number of nitrogens with zero attached hydrogens (tertiary/aromatic N) is 2. The van der Waals surface area contributed by atoms with Crippen molar-refractivity contribution in [2.75, 3.05) is 11.9 Å². The van der Waals surface area contributed by atoms with Gasteiger partial charge in [0, 0.05) is 17.2 Å². The molecule has 2 aromatic carbocycles. The van der Waals surface area contributed by atoms with E-state index in [1.807, 2.05) is 25.2 Å². The molecular weight excluding hydrogens is 300 g/mol. The molecule has 0 aliphatic rings. The Morgan fingerprint density at radius 1 is 1.11 bits per heavy atom. The van der Waals surface area contributed by atoms with Gasteiger partial charge in [-0.2, -0.15) is 5.26 Å². The van der Waals surface area contributed by atoms with Gasteiger partial charge in [-0.3, -0.25) is 0 Å². The third-order valence-corrected chi connectivity index (χ3v) is 3.84. The molecule has 2 aromatic rings. The van der Waals surface area contributed by atoms with E-state index in [9.17, 15) is 5.26 Å². The first kappa shape index (κ1) is 13.6. The van der Waals surface area contributed by atoms with Crippen molar-refractivity contribution < 1.29 is 0 Å². The Labute approximate surface area is 122 Å². The molecule has 0 fully saturated rings. The van der Waals surface area contributed by atoms with Gasteiger partial charge in [0.25, 0.3) is 0 Å². The standard InChI is InChI=1S/C16H15BrN2/c1-11-7-8-15(12(2)9-11)19(3)16-6-4-5-14(17)13(16)10-18/h4-9H,1-3H3. The van der Waals surface area contributed by atoms with E-state index in [1.54, 1.807) is 0 Å². The first-order chi connectivity index (χ1) is 9.04. The van der Waals surface area contributed by atoms with Crippen molar-refractivity contribution >= 4 is 27.3 Å². The third kappa shape index (κ3) is 2.64. The molecule has 0 aliphatic heterocycles. The second-order valence-electron chi connectivity index (χ2n) is 4.59. The molecule has 0 radical (unpaired) electrons. The van der Waals surface area contributed by atoms with Crippen molar-refractivity contribution in [3.05, 3.63) is 57.6 Å². The Kier molecular flexibility index (Phi) is 3.92. The molecular formula is C16H15BrN2. The van der Waals surface area contributed by atoms with Crippen molar-refractivity contribution in [3.8, 4) is 6.07 Å². The van der Waals surface area contributed by atoms with E-state index >= 15 is 0 Å². The smallest absolute Gasteiger partial charge is 0.103 e. The van der Waals surface area contributed by atoms with Crippen LogP contribution in [0.3, 0.4) is 0 Å². The summed E-state index contributed by atoms with van der Waals surface area (Å²) in [5.41, 5.74) is 5.12. The summed E-state index contributed by atoms with van der Waals surface area (Å²) in [6, 6.07) is 14.4. The first-order valence-electron chi connectivity index (χ1n) is 6.04. The van der Waals surface area contributed by atoms with Crippen molar-refractivity contribution in [3.63, 3.8) is 0 Å². The van der Waals surface area contributed by atoms with E-state index in [0.29, 0.717) is 5.56 Å². The van der Waals surface area contributed by atoms with E-state index in [2.05, 4.69) is 58.9 Å². The van der Waals surface area contributed by atoms with E-state index in [4.69, 9.17) is 0 Å². The lowest BCUT2D eigenvalue weighted by Gasteiger charge is -2.23. The largest absolute Gasteiger partial charge is 0.343 e. The van der Waals surface area contributed by atoms with Crippen molar-refractivity contribution in [1.82, 2.24) is 0 Å². The van der Waals surface area contributed by atoms with Crippen LogP contribution in [0.15, 0.2) is 40.9 Å². The number of hydrogen-bond acceptors (Lipinski definition) is 2. The van der Waals surface area contributed by atoms with Gasteiger partial charge in [-0.1, -0.05) is 23.8 Å². The van der Waals surface area contributed by atoms with Crippen LogP contribution in [-0.2, 0) is 0 Å². The molecule has 0 heterocycles. The van der Waals surface area contributed by atoms with Crippen LogP contribution in [0.5, 0.6) is 0 Å². The van der Waals surface area contributed by atoms with Crippen LogP contribution in [0.2, 0.25) is 0 Å². The topological polar surface area (TPSA) is 27.0 Å². The Balaban J connectivity index is 2.54. The lowest BCUT2D eigenvalue weighted by Crippen LogP contribution is -2.12. The average molecular weight is 315 g/mol. The summed E-state index contributed by atoms with van der Waals surface area (Å²) in [6.07, 6.45) is 0. The minimum absolute atomic E-state index is 0.657. The molecule has 0 amide bonds. The van der Waals surface area contributed by atoms with Gasteiger partial charge < -0.3 is 4.90 Å². The molecule has 0 bridgehead atoms. The van der Waals surface area contributed by atoms with Crippen LogP contribution in [0.1, 0.15) is 16.7 Å². The van der Waals surface area contributed by atoms with Crippen molar-refractivity contribution in [2.45, 2.75) is 13.8 Å². The summed E-state index contributed by atoms with van der Waals surface area (Å²) < 4.78 is 0.823. The van der Waals surface area contributed by atoms with Crippen molar-refractivity contribution in [2.24, 2.45) is 0 Å². The summed E-state index contributed by atoms with van der Waals surface area (Å²) in [5.74, 6) is 0. The average Bonchev–Trinajstić information content (AvgIpc) is 2.37. The number of halogens is 1. The van der Waals surface area contributed by atoms with Gasteiger partial charge >= 0.3 is 0 Å². The molecule has 2 rings (SSSR count). The van der Waals surface area contributed by atoms with Crippen LogP contribution < -0.4 is 4.90 Å². The summed E-state index contributed by atoms with van der Waals surface area (Å²) in [5, 5.41) is 9.30. The van der Waals surface area contributed by atoms with Crippen molar-refractivity contribution in [1.29, 1.82) is 5.26 Å². The molecule has 19 heavy (non-hydrogen) atoms. The van der Waals surface area contributed by atoms with Crippen LogP contribution in [0.4, 0.5) is 11.4 Å². The lowest BCUT2D eigenvalue weighted by molar-refractivity contribution is 1.17.